The maximum Gasteiger partial charge on any atom is 1.00 e. The van der Waals surface area contributed by atoms with Gasteiger partial charge < -0.3 is 23.3 Å². The van der Waals surface area contributed by atoms with Gasteiger partial charge in [0, 0.05) is 62.7 Å². The number of nitrogens with two attached hydrogens (primary N) is 1. The molecule has 2 aromatic rings. The van der Waals surface area contributed by atoms with Crippen molar-refractivity contribution in [2.45, 2.75) is 83.1 Å². The van der Waals surface area contributed by atoms with Crippen molar-refractivity contribution in [3.05, 3.63) is 62.4 Å². The second-order valence-corrected chi connectivity index (χ2v) is 10.7. The van der Waals surface area contributed by atoms with Crippen LogP contribution in [0.2, 0.25) is 0 Å². The van der Waals surface area contributed by atoms with Gasteiger partial charge in [0.05, 0.1) is 5.69 Å². The third kappa shape index (κ3) is 12.5. The largest absolute Gasteiger partial charge is 1.00 e. The van der Waals surface area contributed by atoms with E-state index in [4.69, 9.17) is 5.73 Å². The number of anilines is 1. The SMILES string of the molecule is C=C(N[CH2-])c1ccnn1C(C)C.CCC(c1ccnc(N)c1)N1CCNC(C(F)(F)F)C1.[CH2-]C1CCC(F)(F)CC1.[K+]. The molecule has 2 aromatic heterocycles. The van der Waals surface area contributed by atoms with Crippen LogP contribution in [0.5, 0.6) is 0 Å². The molecule has 0 amide bonds. The first-order chi connectivity index (χ1) is 19.2. The Bertz CT molecular complexity index is 1070. The molecule has 1 aliphatic carbocycles. The van der Waals surface area contributed by atoms with Crippen LogP contribution in [0.1, 0.15) is 76.2 Å². The van der Waals surface area contributed by atoms with E-state index in [0.717, 1.165) is 23.4 Å². The quantitative estimate of drug-likeness (QED) is 0.260. The van der Waals surface area contributed by atoms with Gasteiger partial charge in [-0.2, -0.15) is 24.2 Å². The van der Waals surface area contributed by atoms with E-state index in [1.54, 1.807) is 18.5 Å². The van der Waals surface area contributed by atoms with E-state index < -0.39 is 18.1 Å². The summed E-state index contributed by atoms with van der Waals surface area (Å²) in [7, 11) is 3.55. The van der Waals surface area contributed by atoms with Gasteiger partial charge in [-0.3, -0.25) is 16.6 Å². The first kappa shape index (κ1) is 38.9. The Kier molecular flexibility index (Phi) is 16.7. The molecule has 4 rings (SSSR count). The maximum absolute atomic E-state index is 12.8. The van der Waals surface area contributed by atoms with Gasteiger partial charge >= 0.3 is 57.6 Å². The monoisotopic (exact) mass is 624 g/mol. The number of nitrogens with one attached hydrogen (secondary N) is 2. The van der Waals surface area contributed by atoms with Crippen LogP contribution in [0.25, 0.3) is 5.70 Å². The number of piperazine rings is 1. The zero-order valence-corrected chi connectivity index (χ0v) is 28.4. The topological polar surface area (TPSA) is 84.0 Å². The standard InChI is InChI=1S/C13H19F3N4.C9H14N3.C7H11F2.K/c1-2-10(9-3-4-19-12(17)7-9)20-6-5-18-11(8-20)13(14,15)16;1-7(2)12-9(5-6-11-12)8(3)10-4;1-6-2-4-7(8,9)5-3-6;/h3-4,7,10-11,18H,2,5-6,8H2,1H3,(H2,17,19);5-7,10H,3-4H2,1-2H3;6H,1-5H2;/q;2*-1;+1. The van der Waals surface area contributed by atoms with Crippen LogP contribution in [-0.4, -0.2) is 57.4 Å². The fourth-order valence-corrected chi connectivity index (χ4v) is 4.81. The minimum Gasteiger partial charge on any atom is -0.537 e. The summed E-state index contributed by atoms with van der Waals surface area (Å²) in [5, 5.41) is 9.46. The average molecular weight is 625 g/mol. The Balaban J connectivity index is 0.000000342. The number of pyridine rings is 1. The smallest absolute Gasteiger partial charge is 0.537 e. The van der Waals surface area contributed by atoms with E-state index >= 15 is 0 Å². The average Bonchev–Trinajstić information content (AvgIpc) is 3.42. The summed E-state index contributed by atoms with van der Waals surface area (Å²) in [6.45, 7) is 14.6. The number of hydrogen-bond donors (Lipinski definition) is 3. The third-order valence-corrected chi connectivity index (χ3v) is 7.14. The van der Waals surface area contributed by atoms with Gasteiger partial charge in [-0.05, 0) is 44.0 Å². The van der Waals surface area contributed by atoms with E-state index in [0.29, 0.717) is 37.8 Å². The Labute approximate surface area is 289 Å². The molecule has 13 heteroatoms. The minimum atomic E-state index is -4.21. The first-order valence-electron chi connectivity index (χ1n) is 13.9. The minimum absolute atomic E-state index is 0. The van der Waals surface area contributed by atoms with E-state index in [-0.39, 0.29) is 82.7 Å². The molecule has 2 aliphatic rings. The van der Waals surface area contributed by atoms with Crippen LogP contribution in [0.15, 0.2) is 37.2 Å². The van der Waals surface area contributed by atoms with Gasteiger partial charge in [0.25, 0.3) is 0 Å². The summed E-state index contributed by atoms with van der Waals surface area (Å²) in [6, 6.07) is 4.28. The van der Waals surface area contributed by atoms with Crippen LogP contribution in [0.3, 0.4) is 0 Å². The molecule has 0 spiro atoms. The fourth-order valence-electron chi connectivity index (χ4n) is 4.81. The number of nitrogens with zero attached hydrogens (tertiary/aromatic N) is 4. The van der Waals surface area contributed by atoms with Gasteiger partial charge in [0.15, 0.2) is 0 Å². The summed E-state index contributed by atoms with van der Waals surface area (Å²) >= 11 is 0. The van der Waals surface area contributed by atoms with E-state index in [1.165, 1.54) is 0 Å². The zero-order chi connectivity index (χ0) is 30.8. The Morgan fingerprint density at radius 3 is 2.38 bits per heavy atom. The summed E-state index contributed by atoms with van der Waals surface area (Å²) < 4.78 is 65.1. The molecule has 7 nitrogen and oxygen atoms in total. The van der Waals surface area contributed by atoms with Gasteiger partial charge in [-0.15, -0.1) is 0 Å². The number of aromatic nitrogens is 3. The van der Waals surface area contributed by atoms with Crippen molar-refractivity contribution in [3.8, 4) is 0 Å². The van der Waals surface area contributed by atoms with Crippen LogP contribution >= 0.6 is 0 Å². The fraction of sp³-hybridized carbons (Fsp3) is 0.586. The molecule has 3 heterocycles. The molecular formula is C29H44F5KN7-. The van der Waals surface area contributed by atoms with E-state index in [2.05, 4.69) is 55.1 Å². The molecule has 232 valence electrons. The van der Waals surface area contributed by atoms with Gasteiger partial charge in [-0.1, -0.05) is 26.3 Å². The molecule has 42 heavy (non-hydrogen) atoms. The number of rotatable bonds is 6. The zero-order valence-electron chi connectivity index (χ0n) is 25.2. The second-order valence-electron chi connectivity index (χ2n) is 10.7. The maximum atomic E-state index is 12.8. The summed E-state index contributed by atoms with van der Waals surface area (Å²) in [5.74, 6) is -1.72. The predicted molar refractivity (Wildman–Crippen MR) is 154 cm³/mol. The van der Waals surface area contributed by atoms with Crippen LogP contribution in [0, 0.1) is 19.9 Å². The summed E-state index contributed by atoms with van der Waals surface area (Å²) in [6.07, 6.45) is 1.14. The van der Waals surface area contributed by atoms with Crippen molar-refractivity contribution in [1.29, 1.82) is 0 Å². The van der Waals surface area contributed by atoms with E-state index in [9.17, 15) is 22.0 Å². The second kappa shape index (κ2) is 18.0. The Morgan fingerprint density at radius 1 is 1.24 bits per heavy atom. The molecule has 2 unspecified atom stereocenters. The van der Waals surface area contributed by atoms with Crippen molar-refractivity contribution in [2.75, 3.05) is 25.4 Å². The molecule has 0 bridgehead atoms. The molecule has 2 fully saturated rings. The van der Waals surface area contributed by atoms with Crippen molar-refractivity contribution in [3.63, 3.8) is 0 Å². The van der Waals surface area contributed by atoms with Crippen LogP contribution in [0.4, 0.5) is 27.8 Å². The predicted octanol–water partition coefficient (Wildman–Crippen LogP) is 3.42. The molecular weight excluding hydrogens is 580 g/mol. The normalized spacial score (nSPS) is 19.8. The molecule has 4 N–H and O–H groups in total. The number of halogens is 5. The summed E-state index contributed by atoms with van der Waals surface area (Å²) in [5.41, 5.74) is 8.35. The van der Waals surface area contributed by atoms with Gasteiger partial charge in [0.2, 0.25) is 5.92 Å². The summed E-state index contributed by atoms with van der Waals surface area (Å²) in [4.78, 5) is 5.79. The van der Waals surface area contributed by atoms with Crippen molar-refractivity contribution in [2.24, 2.45) is 5.92 Å². The third-order valence-electron chi connectivity index (χ3n) is 7.14. The number of nitrogen functional groups attached to an aromatic ring is 1. The van der Waals surface area contributed by atoms with E-state index in [1.807, 2.05) is 28.6 Å². The van der Waals surface area contributed by atoms with Crippen molar-refractivity contribution < 1.29 is 73.3 Å². The number of hydrogen-bond acceptors (Lipinski definition) is 6. The van der Waals surface area contributed by atoms with Crippen LogP contribution in [-0.2, 0) is 0 Å². The molecule has 2 atom stereocenters. The molecule has 1 aliphatic heterocycles. The van der Waals surface area contributed by atoms with Gasteiger partial charge in [0.1, 0.15) is 11.9 Å². The molecule has 0 aromatic carbocycles. The number of alkyl halides is 5. The Hall–Kier alpha value is -1.09. The molecule has 0 radical (unpaired) electrons. The molecule has 1 saturated heterocycles. The van der Waals surface area contributed by atoms with Crippen molar-refractivity contribution >= 4 is 11.5 Å². The van der Waals surface area contributed by atoms with Crippen LogP contribution < -0.4 is 67.8 Å². The molecule has 1 saturated carbocycles. The Morgan fingerprint density at radius 2 is 1.88 bits per heavy atom. The van der Waals surface area contributed by atoms with Crippen molar-refractivity contribution in [1.82, 2.24) is 30.3 Å². The van der Waals surface area contributed by atoms with Gasteiger partial charge in [-0.25, -0.2) is 13.8 Å². The first-order valence-corrected chi connectivity index (χ1v) is 13.9.